The van der Waals surface area contributed by atoms with Gasteiger partial charge in [-0.25, -0.2) is 0 Å². The predicted molar refractivity (Wildman–Crippen MR) is 65.7 cm³/mol. The molecule has 0 amide bonds. The molecule has 1 aliphatic rings. The fraction of sp³-hybridized carbons (Fsp3) is 1.00. The van der Waals surface area contributed by atoms with Gasteiger partial charge in [-0.15, -0.1) is 0 Å². The normalized spacial score (nSPS) is 22.5. The average molecular weight is 230 g/mol. The van der Waals surface area contributed by atoms with Crippen molar-refractivity contribution >= 4 is 0 Å². The summed E-state index contributed by atoms with van der Waals surface area (Å²) in [7, 11) is 2.22. The first-order chi connectivity index (χ1) is 7.84. The Kier molecular flexibility index (Phi) is 7.76. The van der Waals surface area contributed by atoms with Gasteiger partial charge in [-0.05, 0) is 39.4 Å². The highest BCUT2D eigenvalue weighted by Crippen LogP contribution is 2.13. The van der Waals surface area contributed by atoms with Crippen molar-refractivity contribution in [3.05, 3.63) is 0 Å². The molecule has 0 aliphatic carbocycles. The third kappa shape index (κ3) is 5.80. The van der Waals surface area contributed by atoms with Crippen LogP contribution >= 0.6 is 0 Å². The Morgan fingerprint density at radius 3 is 3.00 bits per heavy atom. The fourth-order valence-electron chi connectivity index (χ4n) is 2.14. The molecule has 0 bridgehead atoms. The molecule has 0 aromatic heterocycles. The predicted octanol–water partition coefficient (Wildman–Crippen LogP) is 0.459. The maximum atomic E-state index is 8.52. The van der Waals surface area contributed by atoms with Crippen LogP contribution in [0.1, 0.15) is 25.7 Å². The van der Waals surface area contributed by atoms with Crippen molar-refractivity contribution in [1.29, 1.82) is 0 Å². The lowest BCUT2D eigenvalue weighted by Gasteiger charge is -2.32. The van der Waals surface area contributed by atoms with E-state index in [0.29, 0.717) is 12.6 Å². The lowest BCUT2D eigenvalue weighted by atomic mass is 10.0. The van der Waals surface area contributed by atoms with Gasteiger partial charge >= 0.3 is 0 Å². The molecule has 0 radical (unpaired) electrons. The Hall–Kier alpha value is -0.160. The van der Waals surface area contributed by atoms with Gasteiger partial charge in [-0.3, -0.25) is 0 Å². The molecule has 1 fully saturated rings. The molecule has 1 saturated heterocycles. The standard InChI is InChI=1S/C12H26N2O2/c1-14-7-3-2-5-12(14)11-13-6-4-9-16-10-8-15/h12-13,15H,2-11H2,1H3. The summed E-state index contributed by atoms with van der Waals surface area (Å²) in [6.07, 6.45) is 5.07. The topological polar surface area (TPSA) is 44.7 Å². The number of likely N-dealkylation sites (tertiary alicyclic amines) is 1. The Labute approximate surface area is 99.0 Å². The smallest absolute Gasteiger partial charge is 0.0697 e. The first-order valence-corrected chi connectivity index (χ1v) is 6.44. The molecule has 0 spiro atoms. The van der Waals surface area contributed by atoms with Crippen molar-refractivity contribution in [2.24, 2.45) is 0 Å². The van der Waals surface area contributed by atoms with Gasteiger partial charge in [0.05, 0.1) is 13.2 Å². The van der Waals surface area contributed by atoms with Crippen LogP contribution in [0.2, 0.25) is 0 Å². The number of aliphatic hydroxyl groups is 1. The van der Waals surface area contributed by atoms with Crippen LogP contribution in [0.5, 0.6) is 0 Å². The average Bonchev–Trinajstić information content (AvgIpc) is 2.30. The summed E-state index contributed by atoms with van der Waals surface area (Å²) in [4.78, 5) is 2.46. The Morgan fingerprint density at radius 2 is 2.25 bits per heavy atom. The molecule has 2 N–H and O–H groups in total. The van der Waals surface area contributed by atoms with E-state index in [4.69, 9.17) is 9.84 Å². The molecule has 4 nitrogen and oxygen atoms in total. The van der Waals surface area contributed by atoms with E-state index in [-0.39, 0.29) is 6.61 Å². The van der Waals surface area contributed by atoms with Crippen molar-refractivity contribution in [2.45, 2.75) is 31.7 Å². The second-order valence-electron chi connectivity index (χ2n) is 4.52. The van der Waals surface area contributed by atoms with Gasteiger partial charge in [0.25, 0.3) is 0 Å². The number of hydrogen-bond acceptors (Lipinski definition) is 4. The van der Waals surface area contributed by atoms with Gasteiger partial charge in [0.15, 0.2) is 0 Å². The summed E-state index contributed by atoms with van der Waals surface area (Å²) in [5.41, 5.74) is 0. The maximum Gasteiger partial charge on any atom is 0.0697 e. The Morgan fingerprint density at radius 1 is 1.38 bits per heavy atom. The van der Waals surface area contributed by atoms with Crippen molar-refractivity contribution in [3.8, 4) is 0 Å². The highest BCUT2D eigenvalue weighted by atomic mass is 16.5. The summed E-state index contributed by atoms with van der Waals surface area (Å²) in [6, 6.07) is 0.715. The van der Waals surface area contributed by atoms with Crippen LogP contribution in [0.4, 0.5) is 0 Å². The van der Waals surface area contributed by atoms with Gasteiger partial charge < -0.3 is 20.1 Å². The van der Waals surface area contributed by atoms with Crippen molar-refractivity contribution < 1.29 is 9.84 Å². The number of piperidine rings is 1. The van der Waals surface area contributed by atoms with Gasteiger partial charge in [0.1, 0.15) is 0 Å². The first-order valence-electron chi connectivity index (χ1n) is 6.44. The summed E-state index contributed by atoms with van der Waals surface area (Å²) in [5, 5.41) is 12.0. The summed E-state index contributed by atoms with van der Waals surface area (Å²) in [5.74, 6) is 0. The number of rotatable bonds is 8. The number of likely N-dealkylation sites (N-methyl/N-ethyl adjacent to an activating group) is 1. The molecule has 0 aromatic carbocycles. The molecule has 96 valence electrons. The van der Waals surface area contributed by atoms with Crippen LogP contribution in [-0.4, -0.2) is 62.6 Å². The number of nitrogens with zero attached hydrogens (tertiary/aromatic N) is 1. The fourth-order valence-corrected chi connectivity index (χ4v) is 2.14. The molecular formula is C12H26N2O2. The molecule has 4 heteroatoms. The largest absolute Gasteiger partial charge is 0.394 e. The SMILES string of the molecule is CN1CCCCC1CNCCCOCCO. The number of nitrogens with one attached hydrogen (secondary N) is 1. The number of aliphatic hydroxyl groups excluding tert-OH is 1. The Balaban J connectivity index is 1.90. The summed E-state index contributed by atoms with van der Waals surface area (Å²) in [6.45, 7) is 4.68. The van der Waals surface area contributed by atoms with Gasteiger partial charge in [0, 0.05) is 19.2 Å². The lowest BCUT2D eigenvalue weighted by molar-refractivity contribution is 0.0902. The van der Waals surface area contributed by atoms with Crippen molar-refractivity contribution in [3.63, 3.8) is 0 Å². The summed E-state index contributed by atoms with van der Waals surface area (Å²) < 4.78 is 5.20. The van der Waals surface area contributed by atoms with Crippen LogP contribution in [0.3, 0.4) is 0 Å². The molecular weight excluding hydrogens is 204 g/mol. The van der Waals surface area contributed by atoms with Gasteiger partial charge in [-0.1, -0.05) is 6.42 Å². The van der Waals surface area contributed by atoms with Crippen molar-refractivity contribution in [2.75, 3.05) is 46.5 Å². The molecule has 1 rings (SSSR count). The Bertz CT molecular complexity index is 167. The molecule has 0 saturated carbocycles. The van der Waals surface area contributed by atoms with E-state index >= 15 is 0 Å². The van der Waals surface area contributed by atoms with E-state index in [0.717, 1.165) is 26.1 Å². The highest BCUT2D eigenvalue weighted by molar-refractivity contribution is 4.75. The van der Waals surface area contributed by atoms with Gasteiger partial charge in [-0.2, -0.15) is 0 Å². The summed E-state index contributed by atoms with van der Waals surface area (Å²) >= 11 is 0. The molecule has 1 aliphatic heterocycles. The monoisotopic (exact) mass is 230 g/mol. The van der Waals surface area contributed by atoms with E-state index < -0.39 is 0 Å². The van der Waals surface area contributed by atoms with E-state index in [2.05, 4.69) is 17.3 Å². The van der Waals surface area contributed by atoms with Crippen molar-refractivity contribution in [1.82, 2.24) is 10.2 Å². The molecule has 1 heterocycles. The molecule has 1 atom stereocenters. The minimum atomic E-state index is 0.125. The van der Waals surface area contributed by atoms with E-state index in [1.54, 1.807) is 0 Å². The first kappa shape index (κ1) is 13.9. The van der Waals surface area contributed by atoms with Crippen LogP contribution in [0, 0.1) is 0 Å². The van der Waals surface area contributed by atoms with E-state index in [1.165, 1.54) is 25.8 Å². The van der Waals surface area contributed by atoms with E-state index in [1.807, 2.05) is 0 Å². The molecule has 16 heavy (non-hydrogen) atoms. The second-order valence-corrected chi connectivity index (χ2v) is 4.52. The second kappa shape index (κ2) is 8.93. The van der Waals surface area contributed by atoms with Crippen LogP contribution < -0.4 is 5.32 Å². The van der Waals surface area contributed by atoms with Crippen LogP contribution in [-0.2, 0) is 4.74 Å². The number of ether oxygens (including phenoxy) is 1. The molecule has 0 aromatic rings. The zero-order valence-electron chi connectivity index (χ0n) is 10.5. The van der Waals surface area contributed by atoms with Crippen LogP contribution in [0.15, 0.2) is 0 Å². The zero-order valence-corrected chi connectivity index (χ0v) is 10.5. The van der Waals surface area contributed by atoms with Gasteiger partial charge in [0.2, 0.25) is 0 Å². The minimum absolute atomic E-state index is 0.125. The minimum Gasteiger partial charge on any atom is -0.394 e. The quantitative estimate of drug-likeness (QED) is 0.595. The molecule has 1 unspecified atom stereocenters. The zero-order chi connectivity index (χ0) is 11.6. The van der Waals surface area contributed by atoms with E-state index in [9.17, 15) is 0 Å². The maximum absolute atomic E-state index is 8.52. The van der Waals surface area contributed by atoms with Crippen LogP contribution in [0.25, 0.3) is 0 Å². The third-order valence-electron chi connectivity index (χ3n) is 3.18. The highest BCUT2D eigenvalue weighted by Gasteiger charge is 2.17. The third-order valence-corrected chi connectivity index (χ3v) is 3.18. The number of hydrogen-bond donors (Lipinski definition) is 2. The lowest BCUT2D eigenvalue weighted by Crippen LogP contribution is -2.43.